The van der Waals surface area contributed by atoms with Crippen LogP contribution in [0.3, 0.4) is 0 Å². The number of carbonyl (C=O) groups excluding carboxylic acids is 3. The third-order valence-corrected chi connectivity index (χ3v) is 7.06. The molecule has 1 aliphatic heterocycles. The summed E-state index contributed by atoms with van der Waals surface area (Å²) in [5, 5.41) is 7.52. The zero-order valence-electron chi connectivity index (χ0n) is 23.3. The molecule has 0 spiro atoms. The first-order valence-corrected chi connectivity index (χ1v) is 13.2. The minimum Gasteiger partial charge on any atom is -0.401 e. The van der Waals surface area contributed by atoms with E-state index in [1.807, 2.05) is 52.1 Å². The summed E-state index contributed by atoms with van der Waals surface area (Å²) in [5.41, 5.74) is 9.22. The molecule has 37 heavy (non-hydrogen) atoms. The number of hydrazine groups is 1. The molecule has 9 heteroatoms. The number of hydrogen-bond donors (Lipinski definition) is 4. The largest absolute Gasteiger partial charge is 0.401 e. The van der Waals surface area contributed by atoms with Crippen LogP contribution in [0.1, 0.15) is 60.8 Å². The number of allylic oxidation sites excluding steroid dienone is 1. The Morgan fingerprint density at radius 3 is 2.27 bits per heavy atom. The minimum atomic E-state index is -1.17. The van der Waals surface area contributed by atoms with Gasteiger partial charge in [-0.2, -0.15) is 0 Å². The van der Waals surface area contributed by atoms with Crippen LogP contribution in [0.2, 0.25) is 0 Å². The normalized spacial score (nSPS) is 21.4. The average Bonchev–Trinajstić information content (AvgIpc) is 3.59. The molecule has 1 aliphatic carbocycles. The van der Waals surface area contributed by atoms with Crippen molar-refractivity contribution in [3.8, 4) is 0 Å². The van der Waals surface area contributed by atoms with Crippen LogP contribution in [0, 0.1) is 17.3 Å². The average molecular weight is 513 g/mol. The Bertz CT molecular complexity index is 1010. The third kappa shape index (κ3) is 7.03. The molecule has 2 fully saturated rings. The van der Waals surface area contributed by atoms with Gasteiger partial charge in [0.25, 0.3) is 0 Å². The maximum atomic E-state index is 14.1. The second kappa shape index (κ2) is 11.1. The lowest BCUT2D eigenvalue weighted by Gasteiger charge is -2.41. The molecular weight excluding hydrogens is 468 g/mol. The summed E-state index contributed by atoms with van der Waals surface area (Å²) in [6.45, 7) is 11.9. The van der Waals surface area contributed by atoms with Crippen LogP contribution in [0.25, 0.3) is 0 Å². The monoisotopic (exact) mass is 512 g/mol. The third-order valence-electron chi connectivity index (χ3n) is 7.06. The molecule has 1 heterocycles. The summed E-state index contributed by atoms with van der Waals surface area (Å²) in [5.74, 6) is -0.288. The minimum absolute atomic E-state index is 0.141. The molecule has 3 atom stereocenters. The van der Waals surface area contributed by atoms with Crippen molar-refractivity contribution in [2.75, 3.05) is 18.9 Å². The number of likely N-dealkylation sites (tertiary alicyclic amines) is 1. The Labute approximate surface area is 221 Å². The van der Waals surface area contributed by atoms with Gasteiger partial charge in [-0.15, -0.1) is 0 Å². The van der Waals surface area contributed by atoms with Gasteiger partial charge in [0.2, 0.25) is 17.7 Å². The van der Waals surface area contributed by atoms with Crippen LogP contribution >= 0.6 is 0 Å². The molecule has 0 radical (unpaired) electrons. The van der Waals surface area contributed by atoms with Gasteiger partial charge >= 0.3 is 0 Å². The standard InChI is InChI=1S/C28H44N6O3/c1-18-15-22(24(35)32-28(5,6)26(37)31-20-11-9-8-10-12-20)33(16-18)25(36)23(27(2,3)4)34(30-7)17-21(29)19-13-14-19/h8-12,17-19,22-23,30H,13-16,29H2,1-7H3,(H,31,37)(H,32,35)/b21-17-/t18?,22-,23+/m0/s1. The zero-order chi connectivity index (χ0) is 27.5. The van der Waals surface area contributed by atoms with E-state index in [1.165, 1.54) is 0 Å². The van der Waals surface area contributed by atoms with Crippen LogP contribution < -0.4 is 21.8 Å². The number of benzene rings is 1. The highest BCUT2D eigenvalue weighted by Crippen LogP contribution is 2.35. The van der Waals surface area contributed by atoms with Crippen molar-refractivity contribution in [3.63, 3.8) is 0 Å². The molecule has 1 unspecified atom stereocenters. The summed E-state index contributed by atoms with van der Waals surface area (Å²) in [6, 6.07) is 7.87. The zero-order valence-corrected chi connectivity index (χ0v) is 23.3. The van der Waals surface area contributed by atoms with Crippen LogP contribution in [0.15, 0.2) is 42.2 Å². The van der Waals surface area contributed by atoms with E-state index in [1.54, 1.807) is 42.9 Å². The molecule has 0 bridgehead atoms. The molecule has 204 valence electrons. The number of nitrogens with zero attached hydrogens (tertiary/aromatic N) is 2. The van der Waals surface area contributed by atoms with E-state index in [2.05, 4.69) is 16.1 Å². The lowest BCUT2D eigenvalue weighted by Crippen LogP contribution is -2.61. The van der Waals surface area contributed by atoms with Crippen LogP contribution in [-0.4, -0.2) is 58.8 Å². The summed E-state index contributed by atoms with van der Waals surface area (Å²) < 4.78 is 0. The Hall–Kier alpha value is -3.07. The summed E-state index contributed by atoms with van der Waals surface area (Å²) in [4.78, 5) is 42.2. The molecule has 1 aromatic rings. The van der Waals surface area contributed by atoms with Crippen molar-refractivity contribution in [2.24, 2.45) is 23.0 Å². The number of rotatable bonds is 9. The van der Waals surface area contributed by atoms with Crippen LogP contribution in [-0.2, 0) is 14.4 Å². The fraction of sp³-hybridized carbons (Fsp3) is 0.607. The van der Waals surface area contributed by atoms with E-state index < -0.39 is 23.0 Å². The Kier molecular flexibility index (Phi) is 8.57. The van der Waals surface area contributed by atoms with Gasteiger partial charge in [-0.05, 0) is 56.6 Å². The predicted molar refractivity (Wildman–Crippen MR) is 146 cm³/mol. The van der Waals surface area contributed by atoms with Crippen molar-refractivity contribution in [2.45, 2.75) is 78.4 Å². The Morgan fingerprint density at radius 1 is 1.11 bits per heavy atom. The maximum absolute atomic E-state index is 14.1. The van der Waals surface area contributed by atoms with Crippen LogP contribution in [0.5, 0.6) is 0 Å². The highest BCUT2D eigenvalue weighted by molar-refractivity contribution is 6.01. The number of para-hydroxylation sites is 1. The van der Waals surface area contributed by atoms with Gasteiger partial charge in [-0.25, -0.2) is 5.43 Å². The summed E-state index contributed by atoms with van der Waals surface area (Å²) >= 11 is 0. The Morgan fingerprint density at radius 2 is 1.73 bits per heavy atom. The van der Waals surface area contributed by atoms with Crippen molar-refractivity contribution in [3.05, 3.63) is 42.2 Å². The molecule has 9 nitrogen and oxygen atoms in total. The molecule has 1 aromatic carbocycles. The van der Waals surface area contributed by atoms with Gasteiger partial charge in [0.1, 0.15) is 17.6 Å². The van der Waals surface area contributed by atoms with Crippen molar-refractivity contribution in [1.29, 1.82) is 0 Å². The molecule has 3 amide bonds. The van der Waals surface area contributed by atoms with Gasteiger partial charge in [-0.3, -0.25) is 14.4 Å². The lowest BCUT2D eigenvalue weighted by atomic mass is 9.85. The SMILES string of the molecule is CNN(/C=C(\N)C1CC1)[C@H](C(=O)N1CC(C)C[C@H]1C(=O)NC(C)(C)C(=O)Nc1ccccc1)C(C)(C)C. The number of amides is 3. The van der Waals surface area contributed by atoms with E-state index in [9.17, 15) is 14.4 Å². The van der Waals surface area contributed by atoms with Gasteiger partial charge in [-0.1, -0.05) is 45.9 Å². The summed E-state index contributed by atoms with van der Waals surface area (Å²) in [6.07, 6.45) is 4.49. The molecule has 3 rings (SSSR count). The quantitative estimate of drug-likeness (QED) is 0.378. The molecular formula is C28H44N6O3. The second-order valence-electron chi connectivity index (χ2n) is 12.1. The van der Waals surface area contributed by atoms with Crippen molar-refractivity contribution >= 4 is 23.4 Å². The fourth-order valence-corrected chi connectivity index (χ4v) is 4.81. The highest BCUT2D eigenvalue weighted by Gasteiger charge is 2.46. The van der Waals surface area contributed by atoms with E-state index in [4.69, 9.17) is 5.73 Å². The summed E-state index contributed by atoms with van der Waals surface area (Å²) in [7, 11) is 1.77. The number of carbonyl (C=O) groups is 3. The van der Waals surface area contributed by atoms with Gasteiger partial charge < -0.3 is 26.3 Å². The topological polar surface area (TPSA) is 120 Å². The van der Waals surface area contributed by atoms with Gasteiger partial charge in [0.05, 0.1) is 0 Å². The van der Waals surface area contributed by atoms with E-state index >= 15 is 0 Å². The van der Waals surface area contributed by atoms with E-state index in [0.717, 1.165) is 18.5 Å². The maximum Gasteiger partial charge on any atom is 0.249 e. The van der Waals surface area contributed by atoms with E-state index in [-0.39, 0.29) is 23.6 Å². The smallest absolute Gasteiger partial charge is 0.249 e. The molecule has 2 aliphatic rings. The predicted octanol–water partition coefficient (Wildman–Crippen LogP) is 2.82. The van der Waals surface area contributed by atoms with Crippen molar-refractivity contribution < 1.29 is 14.4 Å². The molecule has 0 aromatic heterocycles. The lowest BCUT2D eigenvalue weighted by molar-refractivity contribution is -0.146. The first kappa shape index (κ1) is 28.5. The fourth-order valence-electron chi connectivity index (χ4n) is 4.81. The molecule has 1 saturated carbocycles. The first-order chi connectivity index (χ1) is 17.2. The Balaban J connectivity index is 1.79. The number of hydrogen-bond acceptors (Lipinski definition) is 6. The van der Waals surface area contributed by atoms with E-state index in [0.29, 0.717) is 24.6 Å². The van der Waals surface area contributed by atoms with Gasteiger partial charge in [0, 0.05) is 37.1 Å². The highest BCUT2D eigenvalue weighted by atomic mass is 16.2. The van der Waals surface area contributed by atoms with Gasteiger partial charge in [0.15, 0.2) is 0 Å². The number of anilines is 1. The molecule has 1 saturated heterocycles. The number of nitrogens with two attached hydrogens (primary N) is 1. The van der Waals surface area contributed by atoms with Crippen molar-refractivity contribution in [1.82, 2.24) is 20.7 Å². The molecule has 5 N–H and O–H groups in total. The van der Waals surface area contributed by atoms with Crippen LogP contribution in [0.4, 0.5) is 5.69 Å². The first-order valence-electron chi connectivity index (χ1n) is 13.2. The second-order valence-corrected chi connectivity index (χ2v) is 12.1. The number of nitrogens with one attached hydrogen (secondary N) is 3.